The van der Waals surface area contributed by atoms with E-state index < -0.39 is 46.2 Å². The van der Waals surface area contributed by atoms with Crippen LogP contribution in [0.3, 0.4) is 0 Å². The number of rotatable bonds is 13. The van der Waals surface area contributed by atoms with Gasteiger partial charge in [0, 0.05) is 13.1 Å². The molecule has 5 aromatic rings. The summed E-state index contributed by atoms with van der Waals surface area (Å²) in [6.45, 7) is 7.61. The Labute approximate surface area is 366 Å². The van der Waals surface area contributed by atoms with E-state index >= 15 is 0 Å². The third-order valence-electron chi connectivity index (χ3n) is 11.6. The fourth-order valence-corrected chi connectivity index (χ4v) is 9.46. The lowest BCUT2D eigenvalue weighted by molar-refractivity contribution is -0.136. The van der Waals surface area contributed by atoms with E-state index in [-0.39, 0.29) is 41.9 Å². The molecule has 4 N–H and O–H groups in total. The first-order valence-corrected chi connectivity index (χ1v) is 22.3. The summed E-state index contributed by atoms with van der Waals surface area (Å²) < 4.78 is 38.3. The van der Waals surface area contributed by atoms with Gasteiger partial charge >= 0.3 is 12.2 Å². The molecule has 0 radical (unpaired) electrons. The fraction of sp³-hybridized carbons (Fsp3) is 0.378. The summed E-state index contributed by atoms with van der Waals surface area (Å²) >= 11 is 0. The van der Waals surface area contributed by atoms with Crippen molar-refractivity contribution in [2.24, 2.45) is 11.8 Å². The maximum Gasteiger partial charge on any atom is 0.407 e. The van der Waals surface area contributed by atoms with Gasteiger partial charge in [0.05, 0.1) is 55.6 Å². The summed E-state index contributed by atoms with van der Waals surface area (Å²) in [7, 11) is -1.49. The van der Waals surface area contributed by atoms with E-state index in [1.807, 2.05) is 62.4 Å². The number of carbonyl (C=O) groups is 4. The second kappa shape index (κ2) is 18.8. The molecule has 0 bridgehead atoms. The number of aromatic nitrogens is 4. The standard InChI is InChI=1S/C45H53N9O8S/c1-27(2)38(50-44(57)61-5)42(55)53-22-10-13-36(53)40-46-23-34(48-40)31-18-14-29(15-19-31)30-16-20-32(21-17-30)35-24-47-41(49-35)37-25-52(63(59,60)33-11-8-7-9-12-33)26-54(37)43(56)39(28(3)4)51-45(58)62-6/h7-9,11-12,14-21,23-24,27-28,36-39H,10,13,22,25-26H2,1-6H3,(H,46,48)(H,47,49)(H,50,57)(H,51,58). The zero-order valence-corrected chi connectivity index (χ0v) is 36.9. The summed E-state index contributed by atoms with van der Waals surface area (Å²) in [5.74, 6) is -0.00181. The van der Waals surface area contributed by atoms with Crippen LogP contribution in [0.1, 0.15) is 64.3 Å². The molecule has 0 spiro atoms. The predicted molar refractivity (Wildman–Crippen MR) is 234 cm³/mol. The van der Waals surface area contributed by atoms with E-state index in [0.717, 1.165) is 40.8 Å². The molecule has 4 amide bonds. The van der Waals surface area contributed by atoms with Crippen LogP contribution in [0.2, 0.25) is 0 Å². The van der Waals surface area contributed by atoms with Gasteiger partial charge in [-0.3, -0.25) is 9.59 Å². The normalized spacial score (nSPS) is 17.8. The second-order valence-corrected chi connectivity index (χ2v) is 18.3. The van der Waals surface area contributed by atoms with Crippen molar-refractivity contribution >= 4 is 34.0 Å². The zero-order chi connectivity index (χ0) is 45.0. The number of methoxy groups -OCH3 is 2. The molecule has 4 atom stereocenters. The summed E-state index contributed by atoms with van der Waals surface area (Å²) in [4.78, 5) is 71.3. The highest BCUT2D eigenvalue weighted by Crippen LogP contribution is 2.35. The van der Waals surface area contributed by atoms with E-state index in [0.29, 0.717) is 23.9 Å². The Morgan fingerprint density at radius 1 is 0.667 bits per heavy atom. The summed E-state index contributed by atoms with van der Waals surface area (Å²) in [5.41, 5.74) is 5.21. The average molecular weight is 880 g/mol. The fourth-order valence-electron chi connectivity index (χ4n) is 8.05. The van der Waals surface area contributed by atoms with Crippen LogP contribution in [0, 0.1) is 11.8 Å². The predicted octanol–water partition coefficient (Wildman–Crippen LogP) is 6.09. The van der Waals surface area contributed by atoms with Crippen molar-refractivity contribution in [3.63, 3.8) is 0 Å². The Bertz CT molecular complexity index is 2520. The Kier molecular flexibility index (Phi) is 13.3. The van der Waals surface area contributed by atoms with Crippen LogP contribution in [-0.2, 0) is 29.1 Å². The maximum atomic E-state index is 14.1. The molecule has 2 aromatic heterocycles. The van der Waals surface area contributed by atoms with Gasteiger partial charge in [-0.15, -0.1) is 0 Å². The van der Waals surface area contributed by atoms with Gasteiger partial charge in [-0.1, -0.05) is 94.4 Å². The largest absolute Gasteiger partial charge is 0.453 e. The lowest BCUT2D eigenvalue weighted by Gasteiger charge is -2.30. The molecule has 4 heterocycles. The van der Waals surface area contributed by atoms with Crippen molar-refractivity contribution in [1.29, 1.82) is 0 Å². The van der Waals surface area contributed by atoms with Crippen LogP contribution in [0.5, 0.6) is 0 Å². The van der Waals surface area contributed by atoms with Crippen molar-refractivity contribution in [2.45, 2.75) is 69.6 Å². The van der Waals surface area contributed by atoms with Crippen molar-refractivity contribution < 1.29 is 37.1 Å². The van der Waals surface area contributed by atoms with Crippen LogP contribution >= 0.6 is 0 Å². The van der Waals surface area contributed by atoms with Crippen LogP contribution in [0.15, 0.2) is 96.2 Å². The van der Waals surface area contributed by atoms with E-state index in [2.05, 4.69) is 30.6 Å². The van der Waals surface area contributed by atoms with E-state index in [9.17, 15) is 27.6 Å². The number of nitrogens with one attached hydrogen (secondary N) is 4. The van der Waals surface area contributed by atoms with Gasteiger partial charge in [-0.25, -0.2) is 28.0 Å². The number of benzene rings is 3. The van der Waals surface area contributed by atoms with Gasteiger partial charge in [0.2, 0.25) is 21.8 Å². The summed E-state index contributed by atoms with van der Waals surface area (Å²) in [5, 5.41) is 5.29. The van der Waals surface area contributed by atoms with E-state index in [1.54, 1.807) is 49.3 Å². The minimum atomic E-state index is -3.98. The average Bonchev–Trinajstić information content (AvgIpc) is 4.14. The second-order valence-electron chi connectivity index (χ2n) is 16.3. The van der Waals surface area contributed by atoms with Crippen molar-refractivity contribution in [2.75, 3.05) is 34.0 Å². The SMILES string of the molecule is COC(=O)NC(C(=O)N1CCCC1c1ncc(-c2ccc(-c3ccc(-c4cnc(C5CN(S(=O)(=O)c6ccccc6)CN5C(=O)C(NC(=O)OC)C(C)C)[nH]4)cc3)cc2)[nH]1)C(C)C. The number of ether oxygens (including phenoxy) is 2. The number of carbonyl (C=O) groups excluding carboxylic acids is 4. The molecule has 2 saturated heterocycles. The van der Waals surface area contributed by atoms with Crippen LogP contribution < -0.4 is 10.6 Å². The molecule has 2 aliphatic heterocycles. The lowest BCUT2D eigenvalue weighted by Crippen LogP contribution is -2.51. The van der Waals surface area contributed by atoms with E-state index in [4.69, 9.17) is 9.47 Å². The number of amides is 4. The monoisotopic (exact) mass is 879 g/mol. The minimum absolute atomic E-state index is 0.0542. The summed E-state index contributed by atoms with van der Waals surface area (Å²) in [6, 6.07) is 21.3. The van der Waals surface area contributed by atoms with Crippen LogP contribution in [0.4, 0.5) is 9.59 Å². The highest BCUT2D eigenvalue weighted by Gasteiger charge is 2.45. The number of hydrogen-bond acceptors (Lipinski definition) is 10. The highest BCUT2D eigenvalue weighted by atomic mass is 32.2. The molecule has 3 aromatic carbocycles. The van der Waals surface area contributed by atoms with Crippen molar-refractivity contribution in [3.05, 3.63) is 103 Å². The van der Waals surface area contributed by atoms with Gasteiger partial charge in [0.15, 0.2) is 0 Å². The van der Waals surface area contributed by atoms with Gasteiger partial charge in [-0.05, 0) is 59.1 Å². The molecule has 2 fully saturated rings. The Morgan fingerprint density at radius 3 is 1.60 bits per heavy atom. The molecule has 0 saturated carbocycles. The quantitative estimate of drug-likeness (QED) is 0.107. The molecule has 7 rings (SSSR count). The number of H-pyrrole nitrogens is 2. The van der Waals surface area contributed by atoms with Gasteiger partial charge in [0.1, 0.15) is 29.8 Å². The topological polar surface area (TPSA) is 212 Å². The molecule has 4 unspecified atom stereocenters. The first-order valence-electron chi connectivity index (χ1n) is 20.9. The molecule has 18 heteroatoms. The number of hydrogen-bond donors (Lipinski definition) is 4. The highest BCUT2D eigenvalue weighted by molar-refractivity contribution is 7.89. The first-order chi connectivity index (χ1) is 30.2. The Balaban J connectivity index is 1.06. The zero-order valence-electron chi connectivity index (χ0n) is 36.1. The molecule has 0 aliphatic carbocycles. The molecule has 63 heavy (non-hydrogen) atoms. The van der Waals surface area contributed by atoms with Gasteiger partial charge in [-0.2, -0.15) is 4.31 Å². The van der Waals surface area contributed by atoms with Crippen molar-refractivity contribution in [1.82, 2.24) is 44.7 Å². The maximum absolute atomic E-state index is 14.1. The number of nitrogens with zero attached hydrogens (tertiary/aromatic N) is 5. The third-order valence-corrected chi connectivity index (χ3v) is 13.4. The summed E-state index contributed by atoms with van der Waals surface area (Å²) in [6.07, 6.45) is 3.59. The van der Waals surface area contributed by atoms with Crippen LogP contribution in [-0.4, -0.2) is 113 Å². The number of aromatic amines is 2. The number of imidazole rings is 2. The van der Waals surface area contributed by atoms with E-state index in [1.165, 1.54) is 35.6 Å². The van der Waals surface area contributed by atoms with Gasteiger partial charge < -0.3 is 39.9 Å². The number of likely N-dealkylation sites (tertiary alicyclic amines) is 1. The molecule has 332 valence electrons. The van der Waals surface area contributed by atoms with Crippen molar-refractivity contribution in [3.8, 4) is 33.6 Å². The first kappa shape index (κ1) is 44.5. The number of alkyl carbamates (subject to hydrolysis) is 2. The molecule has 2 aliphatic rings. The molecule has 17 nitrogen and oxygen atoms in total. The smallest absolute Gasteiger partial charge is 0.407 e. The minimum Gasteiger partial charge on any atom is -0.453 e. The Hall–Kier alpha value is -6.53. The third kappa shape index (κ3) is 9.46. The van der Waals surface area contributed by atoms with Crippen LogP contribution in [0.25, 0.3) is 33.6 Å². The molecular formula is C45H53N9O8S. The lowest BCUT2D eigenvalue weighted by atomic mass is 10.0. The number of sulfonamides is 1. The molecular weight excluding hydrogens is 827 g/mol. The van der Waals surface area contributed by atoms with Gasteiger partial charge in [0.25, 0.3) is 0 Å². The Morgan fingerprint density at radius 2 is 1.13 bits per heavy atom.